The van der Waals surface area contributed by atoms with Crippen LogP contribution in [-0.4, -0.2) is 46.1 Å². The van der Waals surface area contributed by atoms with Crippen molar-refractivity contribution in [2.45, 2.75) is 110 Å². The van der Waals surface area contributed by atoms with Crippen molar-refractivity contribution in [3.63, 3.8) is 0 Å². The fourth-order valence-corrected chi connectivity index (χ4v) is 8.74. The Hall–Kier alpha value is -1.14. The molecule has 10 unspecified atom stereocenters. The van der Waals surface area contributed by atoms with E-state index in [-0.39, 0.29) is 29.4 Å². The molecule has 0 saturated heterocycles. The molecule has 2 N–H and O–H groups in total. The number of hydrogen-bond acceptors (Lipinski definition) is 6. The standard InChI is InChI=1S/C25H40O6/c1-14(30-15(2)26)25(29)11-9-20-19-7-6-17-12-18(31-16(3)27)8-10-23(17,4)22(19)21(28)13-24(20,25)5/h14,17-22,28-29H,6-13H2,1-5H3. The Morgan fingerprint density at radius 1 is 1.03 bits per heavy atom. The zero-order chi connectivity index (χ0) is 22.8. The Kier molecular flexibility index (Phi) is 5.74. The molecule has 176 valence electrons. The summed E-state index contributed by atoms with van der Waals surface area (Å²) in [6.45, 7) is 9.11. The van der Waals surface area contributed by atoms with E-state index in [0.29, 0.717) is 30.6 Å². The van der Waals surface area contributed by atoms with Gasteiger partial charge in [0.2, 0.25) is 0 Å². The number of hydrogen-bond donors (Lipinski definition) is 2. The van der Waals surface area contributed by atoms with Crippen LogP contribution in [0.5, 0.6) is 0 Å². The highest BCUT2D eigenvalue weighted by atomic mass is 16.6. The first-order chi connectivity index (χ1) is 14.4. The number of esters is 2. The van der Waals surface area contributed by atoms with E-state index in [4.69, 9.17) is 9.47 Å². The van der Waals surface area contributed by atoms with Gasteiger partial charge in [0.05, 0.1) is 6.10 Å². The number of rotatable bonds is 3. The van der Waals surface area contributed by atoms with E-state index >= 15 is 0 Å². The summed E-state index contributed by atoms with van der Waals surface area (Å²) in [6.07, 6.45) is 5.80. The molecule has 4 aliphatic rings. The number of aliphatic hydroxyl groups is 2. The van der Waals surface area contributed by atoms with Crippen molar-refractivity contribution in [3.05, 3.63) is 0 Å². The second kappa shape index (κ2) is 7.72. The fraction of sp³-hybridized carbons (Fsp3) is 0.920. The quantitative estimate of drug-likeness (QED) is 0.657. The van der Waals surface area contributed by atoms with Gasteiger partial charge in [0.15, 0.2) is 0 Å². The fourth-order valence-electron chi connectivity index (χ4n) is 8.74. The van der Waals surface area contributed by atoms with Crippen LogP contribution in [0.4, 0.5) is 0 Å². The molecule has 0 bridgehead atoms. The third-order valence-corrected chi connectivity index (χ3v) is 10.1. The van der Waals surface area contributed by atoms with Crippen molar-refractivity contribution in [1.82, 2.24) is 0 Å². The van der Waals surface area contributed by atoms with E-state index in [2.05, 4.69) is 13.8 Å². The molecule has 0 aliphatic heterocycles. The van der Waals surface area contributed by atoms with Crippen LogP contribution in [0.25, 0.3) is 0 Å². The van der Waals surface area contributed by atoms with E-state index in [0.717, 1.165) is 38.5 Å². The van der Waals surface area contributed by atoms with Crippen LogP contribution >= 0.6 is 0 Å². The molecule has 0 heterocycles. The van der Waals surface area contributed by atoms with Gasteiger partial charge in [-0.2, -0.15) is 0 Å². The van der Waals surface area contributed by atoms with Crippen LogP contribution in [0, 0.1) is 34.5 Å². The minimum absolute atomic E-state index is 0.000671. The third-order valence-electron chi connectivity index (χ3n) is 10.1. The molecule has 6 heteroatoms. The van der Waals surface area contributed by atoms with Gasteiger partial charge in [0.1, 0.15) is 17.8 Å². The topological polar surface area (TPSA) is 93.1 Å². The predicted molar refractivity (Wildman–Crippen MR) is 115 cm³/mol. The first kappa shape index (κ1) is 23.0. The normalized spacial score (nSPS) is 49.9. The molecular formula is C25H40O6. The van der Waals surface area contributed by atoms with Crippen molar-refractivity contribution in [2.24, 2.45) is 34.5 Å². The summed E-state index contributed by atoms with van der Waals surface area (Å²) in [7, 11) is 0. The summed E-state index contributed by atoms with van der Waals surface area (Å²) in [5.74, 6) is 0.745. The predicted octanol–water partition coefficient (Wildman–Crippen LogP) is 3.61. The van der Waals surface area contributed by atoms with E-state index in [1.54, 1.807) is 6.92 Å². The van der Waals surface area contributed by atoms with Gasteiger partial charge >= 0.3 is 11.9 Å². The van der Waals surface area contributed by atoms with Gasteiger partial charge in [-0.3, -0.25) is 9.59 Å². The summed E-state index contributed by atoms with van der Waals surface area (Å²) in [4.78, 5) is 23.0. The molecule has 6 nitrogen and oxygen atoms in total. The van der Waals surface area contributed by atoms with Gasteiger partial charge in [0.25, 0.3) is 0 Å². The number of fused-ring (bicyclic) bond motifs is 5. The maximum Gasteiger partial charge on any atom is 0.302 e. The molecule has 4 rings (SSSR count). The Balaban J connectivity index is 1.59. The Bertz CT molecular complexity index is 738. The van der Waals surface area contributed by atoms with Gasteiger partial charge in [-0.05, 0) is 87.4 Å². The van der Waals surface area contributed by atoms with Crippen molar-refractivity contribution >= 4 is 11.9 Å². The maximum absolute atomic E-state index is 11.7. The Morgan fingerprint density at radius 3 is 2.39 bits per heavy atom. The molecule has 0 radical (unpaired) electrons. The lowest BCUT2D eigenvalue weighted by molar-refractivity contribution is -0.224. The summed E-state index contributed by atoms with van der Waals surface area (Å²) < 4.78 is 11.0. The molecule has 0 amide bonds. The summed E-state index contributed by atoms with van der Waals surface area (Å²) in [5.41, 5.74) is -1.55. The van der Waals surface area contributed by atoms with Crippen LogP contribution in [0.2, 0.25) is 0 Å². The second-order valence-corrected chi connectivity index (χ2v) is 11.5. The molecule has 0 aromatic rings. The molecule has 31 heavy (non-hydrogen) atoms. The van der Waals surface area contributed by atoms with Gasteiger partial charge in [-0.15, -0.1) is 0 Å². The van der Waals surface area contributed by atoms with E-state index in [9.17, 15) is 19.8 Å². The average Bonchev–Trinajstić information content (AvgIpc) is 2.92. The molecule has 0 aromatic heterocycles. The van der Waals surface area contributed by atoms with Crippen LogP contribution in [0.1, 0.15) is 86.0 Å². The second-order valence-electron chi connectivity index (χ2n) is 11.5. The highest BCUT2D eigenvalue weighted by Gasteiger charge is 2.68. The minimum atomic E-state index is -1.11. The van der Waals surface area contributed by atoms with Gasteiger partial charge < -0.3 is 19.7 Å². The third kappa shape index (κ3) is 3.43. The van der Waals surface area contributed by atoms with Gasteiger partial charge in [-0.25, -0.2) is 0 Å². The van der Waals surface area contributed by atoms with E-state index in [1.165, 1.54) is 13.8 Å². The molecule has 4 saturated carbocycles. The van der Waals surface area contributed by atoms with Crippen LogP contribution in [0.3, 0.4) is 0 Å². The maximum atomic E-state index is 11.7. The van der Waals surface area contributed by atoms with E-state index in [1.807, 2.05) is 0 Å². The number of carbonyl (C=O) groups is 2. The van der Waals surface area contributed by atoms with Gasteiger partial charge in [-0.1, -0.05) is 13.8 Å². The monoisotopic (exact) mass is 436 g/mol. The van der Waals surface area contributed by atoms with Crippen LogP contribution < -0.4 is 0 Å². The number of ether oxygens (including phenoxy) is 2. The lowest BCUT2D eigenvalue weighted by Gasteiger charge is -2.63. The van der Waals surface area contributed by atoms with Gasteiger partial charge in [0, 0.05) is 19.3 Å². The Labute approximate surface area is 186 Å². The molecule has 4 fully saturated rings. The van der Waals surface area contributed by atoms with Crippen LogP contribution in [-0.2, 0) is 19.1 Å². The van der Waals surface area contributed by atoms with Crippen molar-refractivity contribution in [2.75, 3.05) is 0 Å². The van der Waals surface area contributed by atoms with Crippen LogP contribution in [0.15, 0.2) is 0 Å². The zero-order valence-corrected chi connectivity index (χ0v) is 19.7. The summed E-state index contributed by atoms with van der Waals surface area (Å²) in [6, 6.07) is 0. The minimum Gasteiger partial charge on any atom is -0.463 e. The van der Waals surface area contributed by atoms with Crippen molar-refractivity contribution in [1.29, 1.82) is 0 Å². The van der Waals surface area contributed by atoms with Crippen molar-refractivity contribution < 1.29 is 29.3 Å². The summed E-state index contributed by atoms with van der Waals surface area (Å²) in [5, 5.41) is 23.3. The molecular weight excluding hydrogens is 396 g/mol. The lowest BCUT2D eigenvalue weighted by Crippen LogP contribution is -2.63. The highest BCUT2D eigenvalue weighted by Crippen LogP contribution is 2.68. The SMILES string of the molecule is CC(=O)OC1CCC2(C)C(CCC3C2C(O)CC2(C)C3CCC2(O)C(C)OC(C)=O)C1. The smallest absolute Gasteiger partial charge is 0.302 e. The molecule has 0 aromatic carbocycles. The number of aliphatic hydroxyl groups excluding tert-OH is 1. The highest BCUT2D eigenvalue weighted by molar-refractivity contribution is 5.66. The molecule has 0 spiro atoms. The summed E-state index contributed by atoms with van der Waals surface area (Å²) >= 11 is 0. The Morgan fingerprint density at radius 2 is 1.74 bits per heavy atom. The first-order valence-corrected chi connectivity index (χ1v) is 12.2. The average molecular weight is 437 g/mol. The first-order valence-electron chi connectivity index (χ1n) is 12.2. The molecule has 10 atom stereocenters. The molecule has 4 aliphatic carbocycles. The lowest BCUT2D eigenvalue weighted by atomic mass is 9.43. The zero-order valence-electron chi connectivity index (χ0n) is 19.7. The van der Waals surface area contributed by atoms with E-state index < -0.39 is 23.2 Å². The van der Waals surface area contributed by atoms with Crippen molar-refractivity contribution in [3.8, 4) is 0 Å². The number of carbonyl (C=O) groups excluding carboxylic acids is 2. The largest absolute Gasteiger partial charge is 0.463 e.